The van der Waals surface area contributed by atoms with Crippen LogP contribution in [-0.2, 0) is 7.05 Å². The summed E-state index contributed by atoms with van der Waals surface area (Å²) in [6.45, 7) is 8.20. The van der Waals surface area contributed by atoms with Crippen LogP contribution in [-0.4, -0.2) is 40.7 Å². The van der Waals surface area contributed by atoms with Gasteiger partial charge in [0.1, 0.15) is 17.5 Å². The zero-order chi connectivity index (χ0) is 21.3. The third-order valence-corrected chi connectivity index (χ3v) is 4.61. The summed E-state index contributed by atoms with van der Waals surface area (Å²) in [5.41, 5.74) is 4.75. The standard InChI is InChI=1S/C21H25N9/c1-12(2)25-17-8-19(23-10-16(17)21-26-13(3)14(4)27-21)28-18-6-7-22-20(29-18)15-9-24-30(5)11-15/h6-12H,1-5H3,(H,26,27)(H2,22,23,25,28,29). The molecule has 4 heterocycles. The maximum absolute atomic E-state index is 4.62. The molecule has 0 radical (unpaired) electrons. The van der Waals surface area contributed by atoms with Crippen LogP contribution in [0.4, 0.5) is 17.3 Å². The maximum atomic E-state index is 4.62. The van der Waals surface area contributed by atoms with E-state index in [9.17, 15) is 0 Å². The van der Waals surface area contributed by atoms with Gasteiger partial charge in [0.2, 0.25) is 0 Å². The predicted octanol–water partition coefficient (Wildman–Crippen LogP) is 3.84. The summed E-state index contributed by atoms with van der Waals surface area (Å²) in [6, 6.07) is 4.03. The van der Waals surface area contributed by atoms with Gasteiger partial charge in [0.15, 0.2) is 5.82 Å². The molecule has 0 unspecified atom stereocenters. The van der Waals surface area contributed by atoms with Gasteiger partial charge in [0, 0.05) is 43.4 Å². The van der Waals surface area contributed by atoms with Crippen LogP contribution < -0.4 is 10.6 Å². The van der Waals surface area contributed by atoms with Crippen LogP contribution in [0.1, 0.15) is 25.2 Å². The number of aryl methyl sites for hydroxylation is 3. The fraction of sp³-hybridized carbons (Fsp3) is 0.286. The van der Waals surface area contributed by atoms with Gasteiger partial charge in [0.25, 0.3) is 0 Å². The Balaban J connectivity index is 1.65. The second-order valence-corrected chi connectivity index (χ2v) is 7.50. The lowest BCUT2D eigenvalue weighted by atomic mass is 10.2. The highest BCUT2D eigenvalue weighted by atomic mass is 15.2. The average molecular weight is 403 g/mol. The van der Waals surface area contributed by atoms with Gasteiger partial charge in [-0.05, 0) is 33.8 Å². The molecule has 30 heavy (non-hydrogen) atoms. The van der Waals surface area contributed by atoms with Crippen molar-refractivity contribution in [1.82, 2.24) is 34.7 Å². The number of aromatic amines is 1. The first kappa shape index (κ1) is 19.6. The summed E-state index contributed by atoms with van der Waals surface area (Å²) in [5.74, 6) is 2.74. The Labute approximate surface area is 175 Å². The number of H-pyrrole nitrogens is 1. The molecule has 0 saturated carbocycles. The van der Waals surface area contributed by atoms with Crippen molar-refractivity contribution in [2.45, 2.75) is 33.7 Å². The van der Waals surface area contributed by atoms with Gasteiger partial charge < -0.3 is 15.6 Å². The van der Waals surface area contributed by atoms with E-state index in [0.29, 0.717) is 17.5 Å². The molecule has 3 N–H and O–H groups in total. The first-order valence-electron chi connectivity index (χ1n) is 9.78. The number of aromatic nitrogens is 7. The van der Waals surface area contributed by atoms with Crippen molar-refractivity contribution in [3.05, 3.63) is 48.3 Å². The molecular formula is C21H25N9. The molecule has 0 saturated heterocycles. The topological polar surface area (TPSA) is 109 Å². The minimum atomic E-state index is 0.257. The normalized spacial score (nSPS) is 11.1. The molecule has 0 spiro atoms. The minimum absolute atomic E-state index is 0.257. The summed E-state index contributed by atoms with van der Waals surface area (Å²) in [5, 5.41) is 10.9. The number of imidazole rings is 1. The van der Waals surface area contributed by atoms with Crippen molar-refractivity contribution < 1.29 is 0 Å². The van der Waals surface area contributed by atoms with E-state index < -0.39 is 0 Å². The highest BCUT2D eigenvalue weighted by Crippen LogP contribution is 2.29. The van der Waals surface area contributed by atoms with Gasteiger partial charge in [-0.25, -0.2) is 19.9 Å². The van der Waals surface area contributed by atoms with Crippen molar-refractivity contribution in [3.8, 4) is 22.8 Å². The van der Waals surface area contributed by atoms with Crippen LogP contribution in [0, 0.1) is 13.8 Å². The molecule has 0 fully saturated rings. The lowest BCUT2D eigenvalue weighted by molar-refractivity contribution is 0.768. The van der Waals surface area contributed by atoms with E-state index in [4.69, 9.17) is 0 Å². The highest BCUT2D eigenvalue weighted by Gasteiger charge is 2.14. The van der Waals surface area contributed by atoms with E-state index in [-0.39, 0.29) is 6.04 Å². The van der Waals surface area contributed by atoms with E-state index in [1.54, 1.807) is 17.1 Å². The monoisotopic (exact) mass is 403 g/mol. The van der Waals surface area contributed by atoms with Crippen molar-refractivity contribution in [2.75, 3.05) is 10.6 Å². The Kier molecular flexibility index (Phi) is 5.18. The van der Waals surface area contributed by atoms with E-state index in [1.807, 2.05) is 45.4 Å². The Morgan fingerprint density at radius 3 is 2.57 bits per heavy atom. The van der Waals surface area contributed by atoms with Crippen molar-refractivity contribution in [2.24, 2.45) is 7.05 Å². The first-order valence-corrected chi connectivity index (χ1v) is 9.78. The number of nitrogens with zero attached hydrogens (tertiary/aromatic N) is 6. The smallest absolute Gasteiger partial charge is 0.164 e. The van der Waals surface area contributed by atoms with Crippen LogP contribution >= 0.6 is 0 Å². The number of pyridine rings is 1. The summed E-state index contributed by atoms with van der Waals surface area (Å²) >= 11 is 0. The maximum Gasteiger partial charge on any atom is 0.164 e. The van der Waals surface area contributed by atoms with Gasteiger partial charge in [-0.3, -0.25) is 4.68 Å². The van der Waals surface area contributed by atoms with E-state index >= 15 is 0 Å². The third-order valence-electron chi connectivity index (χ3n) is 4.61. The zero-order valence-corrected chi connectivity index (χ0v) is 17.7. The van der Waals surface area contributed by atoms with Crippen LogP contribution in [0.15, 0.2) is 36.9 Å². The van der Waals surface area contributed by atoms with Crippen molar-refractivity contribution >= 4 is 17.3 Å². The van der Waals surface area contributed by atoms with Crippen LogP contribution in [0.2, 0.25) is 0 Å². The summed E-state index contributed by atoms with van der Waals surface area (Å²) in [6.07, 6.45) is 7.15. The van der Waals surface area contributed by atoms with Gasteiger partial charge in [0.05, 0.1) is 28.7 Å². The second-order valence-electron chi connectivity index (χ2n) is 7.50. The SMILES string of the molecule is Cc1nc(-c2cnc(Nc3ccnc(-c4cnn(C)c4)n3)cc2NC(C)C)[nH]c1C. The molecule has 4 aromatic rings. The molecule has 154 valence electrons. The lowest BCUT2D eigenvalue weighted by Crippen LogP contribution is -2.11. The molecule has 0 bridgehead atoms. The molecule has 0 aromatic carbocycles. The fourth-order valence-corrected chi connectivity index (χ4v) is 3.05. The van der Waals surface area contributed by atoms with E-state index in [1.165, 1.54) is 0 Å². The molecule has 4 rings (SSSR count). The Hall–Kier alpha value is -3.75. The number of anilines is 3. The number of nitrogens with one attached hydrogen (secondary N) is 3. The summed E-state index contributed by atoms with van der Waals surface area (Å²) < 4.78 is 1.72. The van der Waals surface area contributed by atoms with Crippen molar-refractivity contribution in [3.63, 3.8) is 0 Å². The molecule has 4 aromatic heterocycles. The number of hydrogen-bond acceptors (Lipinski definition) is 7. The molecule has 0 atom stereocenters. The zero-order valence-electron chi connectivity index (χ0n) is 17.7. The fourth-order valence-electron chi connectivity index (χ4n) is 3.05. The van der Waals surface area contributed by atoms with Gasteiger partial charge >= 0.3 is 0 Å². The third kappa shape index (κ3) is 4.14. The molecule has 0 aliphatic carbocycles. The van der Waals surface area contributed by atoms with Crippen LogP contribution in [0.3, 0.4) is 0 Å². The molecule has 0 aliphatic rings. The second kappa shape index (κ2) is 7.94. The molecule has 9 nitrogen and oxygen atoms in total. The Morgan fingerprint density at radius 2 is 1.90 bits per heavy atom. The molecular weight excluding hydrogens is 378 g/mol. The van der Waals surface area contributed by atoms with Gasteiger partial charge in [-0.2, -0.15) is 5.10 Å². The van der Waals surface area contributed by atoms with Crippen LogP contribution in [0.5, 0.6) is 0 Å². The first-order chi connectivity index (χ1) is 14.4. The van der Waals surface area contributed by atoms with Gasteiger partial charge in [-0.1, -0.05) is 0 Å². The number of rotatable bonds is 6. The van der Waals surface area contributed by atoms with E-state index in [2.05, 4.69) is 54.5 Å². The molecule has 0 amide bonds. The largest absolute Gasteiger partial charge is 0.382 e. The quantitative estimate of drug-likeness (QED) is 0.449. The highest BCUT2D eigenvalue weighted by molar-refractivity contribution is 5.76. The number of hydrogen-bond donors (Lipinski definition) is 3. The van der Waals surface area contributed by atoms with Crippen molar-refractivity contribution in [1.29, 1.82) is 0 Å². The van der Waals surface area contributed by atoms with E-state index in [0.717, 1.165) is 34.0 Å². The Bertz CT molecular complexity index is 1150. The predicted molar refractivity (Wildman–Crippen MR) is 118 cm³/mol. The minimum Gasteiger partial charge on any atom is -0.382 e. The molecule has 9 heteroatoms. The van der Waals surface area contributed by atoms with Crippen LogP contribution in [0.25, 0.3) is 22.8 Å². The van der Waals surface area contributed by atoms with Gasteiger partial charge in [-0.15, -0.1) is 0 Å². The molecule has 0 aliphatic heterocycles. The lowest BCUT2D eigenvalue weighted by Gasteiger charge is -2.15. The summed E-state index contributed by atoms with van der Waals surface area (Å²) in [4.78, 5) is 21.5. The Morgan fingerprint density at radius 1 is 1.07 bits per heavy atom. The average Bonchev–Trinajstić information content (AvgIpc) is 3.27. The summed E-state index contributed by atoms with van der Waals surface area (Å²) in [7, 11) is 1.86.